The number of Topliss-reactive ketones (excluding diaryl/α,β-unsaturated/α-hetero) is 1. The number of carboxylic acids is 1. The highest BCUT2D eigenvalue weighted by atomic mass is 32.1. The maximum absolute atomic E-state index is 12.7. The van der Waals surface area contributed by atoms with Crippen molar-refractivity contribution in [1.82, 2.24) is 15.3 Å². The lowest BCUT2D eigenvalue weighted by Crippen LogP contribution is -2.28. The summed E-state index contributed by atoms with van der Waals surface area (Å²) in [5, 5.41) is 12.5. The number of H-pyrrole nitrogens is 1. The van der Waals surface area contributed by atoms with E-state index < -0.39 is 12.0 Å². The van der Waals surface area contributed by atoms with E-state index in [4.69, 9.17) is 5.11 Å². The van der Waals surface area contributed by atoms with Gasteiger partial charge in [-0.3, -0.25) is 9.59 Å². The molecule has 3 N–H and O–H groups in total. The van der Waals surface area contributed by atoms with Crippen LogP contribution in [-0.2, 0) is 6.42 Å². The van der Waals surface area contributed by atoms with Crippen molar-refractivity contribution in [3.8, 4) is 0 Å². The molecule has 140 valence electrons. The van der Waals surface area contributed by atoms with Gasteiger partial charge in [-0.25, -0.2) is 9.78 Å². The predicted molar refractivity (Wildman–Crippen MR) is 99.2 cm³/mol. The summed E-state index contributed by atoms with van der Waals surface area (Å²) >= 11 is 1.05. The summed E-state index contributed by atoms with van der Waals surface area (Å²) in [6.07, 6.45) is 1.43. The van der Waals surface area contributed by atoms with Crippen LogP contribution >= 0.6 is 11.3 Å². The topological polar surface area (TPSA) is 112 Å². The first-order chi connectivity index (χ1) is 12.2. The molecule has 1 unspecified atom stereocenters. The molecule has 2 aromatic rings. The first-order valence-corrected chi connectivity index (χ1v) is 9.22. The van der Waals surface area contributed by atoms with Gasteiger partial charge in [0.15, 0.2) is 5.78 Å². The van der Waals surface area contributed by atoms with E-state index in [9.17, 15) is 14.4 Å². The van der Waals surface area contributed by atoms with E-state index in [1.165, 1.54) is 6.92 Å². The molecule has 0 bridgehead atoms. The van der Waals surface area contributed by atoms with Crippen LogP contribution in [0.4, 0.5) is 0 Å². The third-order valence-corrected chi connectivity index (χ3v) is 5.42. The second kappa shape index (κ2) is 7.82. The average molecular weight is 377 g/mol. The number of amides is 1. The summed E-state index contributed by atoms with van der Waals surface area (Å²) < 4.78 is 0. The number of hydrogen-bond acceptors (Lipinski definition) is 5. The van der Waals surface area contributed by atoms with Gasteiger partial charge in [0.05, 0.1) is 11.7 Å². The summed E-state index contributed by atoms with van der Waals surface area (Å²) in [6, 6.07) is -0.446. The Morgan fingerprint density at radius 3 is 2.46 bits per heavy atom. The van der Waals surface area contributed by atoms with Crippen molar-refractivity contribution in [3.63, 3.8) is 0 Å². The third-order valence-electron chi connectivity index (χ3n) is 4.10. The van der Waals surface area contributed by atoms with Crippen LogP contribution in [0, 0.1) is 13.8 Å². The molecule has 0 aliphatic heterocycles. The van der Waals surface area contributed by atoms with Crippen LogP contribution in [-0.4, -0.2) is 32.7 Å². The van der Waals surface area contributed by atoms with Crippen molar-refractivity contribution in [2.24, 2.45) is 0 Å². The Bertz CT molecular complexity index is 866. The van der Waals surface area contributed by atoms with Gasteiger partial charge in [-0.1, -0.05) is 13.3 Å². The van der Waals surface area contributed by atoms with E-state index in [1.54, 1.807) is 20.8 Å². The van der Waals surface area contributed by atoms with E-state index in [2.05, 4.69) is 15.3 Å². The molecule has 0 saturated heterocycles. The van der Waals surface area contributed by atoms with Crippen molar-refractivity contribution in [1.29, 1.82) is 0 Å². The van der Waals surface area contributed by atoms with Gasteiger partial charge in [0.2, 0.25) is 0 Å². The average Bonchev–Trinajstić information content (AvgIpc) is 3.08. The van der Waals surface area contributed by atoms with Gasteiger partial charge >= 0.3 is 5.97 Å². The van der Waals surface area contributed by atoms with Crippen LogP contribution in [0.3, 0.4) is 0 Å². The minimum absolute atomic E-state index is 0.0732. The minimum Gasteiger partial charge on any atom is -0.477 e. The van der Waals surface area contributed by atoms with Crippen LogP contribution in [0.1, 0.15) is 85.7 Å². The molecule has 8 heteroatoms. The molecule has 0 aliphatic rings. The van der Waals surface area contributed by atoms with Crippen molar-refractivity contribution >= 4 is 29.0 Å². The maximum atomic E-state index is 12.7. The Morgan fingerprint density at radius 1 is 1.31 bits per heavy atom. The predicted octanol–water partition coefficient (Wildman–Crippen LogP) is 3.43. The van der Waals surface area contributed by atoms with E-state index in [1.807, 2.05) is 6.92 Å². The van der Waals surface area contributed by atoms with Crippen molar-refractivity contribution in [2.75, 3.05) is 0 Å². The zero-order valence-electron chi connectivity index (χ0n) is 15.5. The van der Waals surface area contributed by atoms with Crippen LogP contribution < -0.4 is 5.32 Å². The maximum Gasteiger partial charge on any atom is 0.347 e. The first kappa shape index (κ1) is 19.8. The number of aryl methyl sites for hydroxylation is 2. The number of thiazole rings is 1. The molecule has 0 aliphatic carbocycles. The van der Waals surface area contributed by atoms with Crippen LogP contribution in [0.15, 0.2) is 0 Å². The fourth-order valence-electron chi connectivity index (χ4n) is 2.98. The van der Waals surface area contributed by atoms with E-state index in [0.717, 1.165) is 23.3 Å². The molecule has 1 amide bonds. The highest BCUT2D eigenvalue weighted by molar-refractivity contribution is 7.13. The lowest BCUT2D eigenvalue weighted by molar-refractivity contribution is 0.0700. The SMILES string of the molecule is CCCc1c(C(=O)NC(C)c2nc(C)c(C(=O)O)s2)[nH]c(C)c1C(C)=O. The van der Waals surface area contributed by atoms with Gasteiger partial charge < -0.3 is 15.4 Å². The molecule has 2 aromatic heterocycles. The number of ketones is 1. The number of carbonyl (C=O) groups is 3. The van der Waals surface area contributed by atoms with Crippen LogP contribution in [0.5, 0.6) is 0 Å². The second-order valence-electron chi connectivity index (χ2n) is 6.25. The van der Waals surface area contributed by atoms with Crippen LogP contribution in [0.2, 0.25) is 0 Å². The Kier molecular flexibility index (Phi) is 5.97. The molecular weight excluding hydrogens is 354 g/mol. The number of carbonyl (C=O) groups excluding carboxylic acids is 2. The quantitative estimate of drug-likeness (QED) is 0.640. The van der Waals surface area contributed by atoms with Gasteiger partial charge in [-0.2, -0.15) is 0 Å². The number of nitrogens with one attached hydrogen (secondary N) is 2. The molecule has 1 atom stereocenters. The molecule has 26 heavy (non-hydrogen) atoms. The number of hydrogen-bond donors (Lipinski definition) is 3. The summed E-state index contributed by atoms with van der Waals surface area (Å²) in [4.78, 5) is 43.3. The number of aromatic amines is 1. The summed E-state index contributed by atoms with van der Waals surface area (Å²) in [7, 11) is 0. The minimum atomic E-state index is -1.03. The molecule has 2 heterocycles. The molecule has 0 aromatic carbocycles. The summed E-state index contributed by atoms with van der Waals surface area (Å²) in [5.41, 5.74) is 2.79. The number of nitrogens with zero attached hydrogens (tertiary/aromatic N) is 1. The fourth-order valence-corrected chi connectivity index (χ4v) is 3.89. The third kappa shape index (κ3) is 3.85. The Hall–Kier alpha value is -2.48. The van der Waals surface area contributed by atoms with Gasteiger partial charge in [0, 0.05) is 11.3 Å². The number of aromatic nitrogens is 2. The zero-order valence-corrected chi connectivity index (χ0v) is 16.3. The number of carboxylic acid groups (broad SMARTS) is 1. The van der Waals surface area contributed by atoms with Gasteiger partial charge in [0.1, 0.15) is 15.6 Å². The van der Waals surface area contributed by atoms with Gasteiger partial charge in [-0.15, -0.1) is 11.3 Å². The summed E-state index contributed by atoms with van der Waals surface area (Å²) in [5.74, 6) is -1.43. The number of rotatable bonds is 7. The smallest absolute Gasteiger partial charge is 0.347 e. The fraction of sp³-hybridized carbons (Fsp3) is 0.444. The van der Waals surface area contributed by atoms with Crippen molar-refractivity contribution in [2.45, 2.75) is 53.5 Å². The molecule has 0 spiro atoms. The molecule has 0 saturated carbocycles. The largest absolute Gasteiger partial charge is 0.477 e. The lowest BCUT2D eigenvalue weighted by Gasteiger charge is -2.12. The standard InChI is InChI=1S/C18H23N3O4S/c1-6-7-12-13(11(5)22)8(2)19-14(12)16(23)20-10(4)17-21-9(3)15(26-17)18(24)25/h10,19H,6-7H2,1-5H3,(H,20,23)(H,24,25). The van der Waals surface area contributed by atoms with E-state index >= 15 is 0 Å². The Labute approximate surface area is 155 Å². The highest BCUT2D eigenvalue weighted by Crippen LogP contribution is 2.25. The monoisotopic (exact) mass is 377 g/mol. The Morgan fingerprint density at radius 2 is 1.96 bits per heavy atom. The molecular formula is C18H23N3O4S. The molecule has 2 rings (SSSR count). The van der Waals surface area contributed by atoms with Gasteiger partial charge in [0.25, 0.3) is 5.91 Å². The zero-order chi connectivity index (χ0) is 19.6. The van der Waals surface area contributed by atoms with Crippen molar-refractivity contribution in [3.05, 3.63) is 38.1 Å². The van der Waals surface area contributed by atoms with Crippen LogP contribution in [0.25, 0.3) is 0 Å². The molecule has 0 radical (unpaired) electrons. The van der Waals surface area contributed by atoms with E-state index in [-0.39, 0.29) is 16.6 Å². The highest BCUT2D eigenvalue weighted by Gasteiger charge is 2.25. The Balaban J connectivity index is 2.29. The molecule has 0 fully saturated rings. The lowest BCUT2D eigenvalue weighted by atomic mass is 10.0. The first-order valence-electron chi connectivity index (χ1n) is 8.41. The number of aromatic carboxylic acids is 1. The molecule has 7 nitrogen and oxygen atoms in total. The van der Waals surface area contributed by atoms with Gasteiger partial charge in [-0.05, 0) is 39.7 Å². The summed E-state index contributed by atoms with van der Waals surface area (Å²) in [6.45, 7) is 8.64. The normalized spacial score (nSPS) is 12.0. The second-order valence-corrected chi connectivity index (χ2v) is 7.28. The van der Waals surface area contributed by atoms with E-state index in [0.29, 0.717) is 34.1 Å². The van der Waals surface area contributed by atoms with Crippen molar-refractivity contribution < 1.29 is 19.5 Å².